The highest BCUT2D eigenvalue weighted by atomic mass is 32.1. The van der Waals surface area contributed by atoms with Gasteiger partial charge >= 0.3 is 0 Å². The van der Waals surface area contributed by atoms with Gasteiger partial charge in [-0.15, -0.1) is 21.5 Å². The Labute approximate surface area is 176 Å². The van der Waals surface area contributed by atoms with E-state index in [2.05, 4.69) is 39.8 Å². The molecule has 1 amide bonds. The third-order valence-corrected chi connectivity index (χ3v) is 6.11. The van der Waals surface area contributed by atoms with Crippen LogP contribution in [0.2, 0.25) is 0 Å². The van der Waals surface area contributed by atoms with Gasteiger partial charge in [-0.05, 0) is 24.5 Å². The van der Waals surface area contributed by atoms with E-state index in [4.69, 9.17) is 14.7 Å². The molecule has 0 radical (unpaired) electrons. The Morgan fingerprint density at radius 3 is 2.70 bits per heavy atom. The first kappa shape index (κ1) is 18.5. The van der Waals surface area contributed by atoms with Crippen LogP contribution >= 0.6 is 11.3 Å². The molecule has 8 heteroatoms. The average Bonchev–Trinajstić information content (AvgIpc) is 3.19. The van der Waals surface area contributed by atoms with E-state index in [-0.39, 0.29) is 18.2 Å². The third kappa shape index (κ3) is 3.67. The van der Waals surface area contributed by atoms with Gasteiger partial charge in [0.25, 0.3) is 0 Å². The standard InChI is InChI=1S/C22H17N5O2S/c23-13-22(9-10-22)25-17(28)11-18-26-27-19(29-18)12-20-24-16-8-4-7-15(21(16)30-20)14-5-2-1-3-6-14/h1-8H,9-12H2,(H,25,28). The van der Waals surface area contributed by atoms with Crippen LogP contribution in [-0.2, 0) is 17.6 Å². The van der Waals surface area contributed by atoms with E-state index >= 15 is 0 Å². The monoisotopic (exact) mass is 415 g/mol. The van der Waals surface area contributed by atoms with E-state index in [9.17, 15) is 4.79 Å². The van der Waals surface area contributed by atoms with E-state index in [1.165, 1.54) is 0 Å². The smallest absolute Gasteiger partial charge is 0.230 e. The fourth-order valence-electron chi connectivity index (χ4n) is 3.31. The van der Waals surface area contributed by atoms with Crippen LogP contribution in [0.4, 0.5) is 0 Å². The Morgan fingerprint density at radius 2 is 1.93 bits per heavy atom. The van der Waals surface area contributed by atoms with Crippen LogP contribution in [-0.4, -0.2) is 26.6 Å². The number of hydrogen-bond donors (Lipinski definition) is 1. The molecular formula is C22H17N5O2S. The summed E-state index contributed by atoms with van der Waals surface area (Å²) in [5, 5.41) is 20.7. The number of carbonyl (C=O) groups excluding carboxylic acids is 1. The lowest BCUT2D eigenvalue weighted by Gasteiger charge is -2.06. The average molecular weight is 415 g/mol. The summed E-state index contributed by atoms with van der Waals surface area (Å²) in [5.41, 5.74) is 2.53. The molecule has 0 spiro atoms. The quantitative estimate of drug-likeness (QED) is 0.515. The molecule has 30 heavy (non-hydrogen) atoms. The van der Waals surface area contributed by atoms with E-state index in [1.807, 2.05) is 30.3 Å². The molecule has 5 rings (SSSR count). The number of hydrogen-bond acceptors (Lipinski definition) is 7. The molecule has 2 heterocycles. The van der Waals surface area contributed by atoms with E-state index < -0.39 is 5.54 Å². The number of nitrogens with one attached hydrogen (secondary N) is 1. The maximum absolute atomic E-state index is 12.1. The second-order valence-electron chi connectivity index (χ2n) is 7.31. The fraction of sp³-hybridized carbons (Fsp3) is 0.227. The minimum atomic E-state index is -0.697. The van der Waals surface area contributed by atoms with Crippen molar-refractivity contribution < 1.29 is 9.21 Å². The molecule has 4 aromatic rings. The molecule has 1 saturated carbocycles. The van der Waals surface area contributed by atoms with Crippen molar-refractivity contribution >= 4 is 27.5 Å². The molecule has 1 N–H and O–H groups in total. The zero-order valence-corrected chi connectivity index (χ0v) is 16.8. The summed E-state index contributed by atoms with van der Waals surface area (Å²) in [6, 6.07) is 18.4. The molecule has 7 nitrogen and oxygen atoms in total. The maximum Gasteiger partial charge on any atom is 0.230 e. The van der Waals surface area contributed by atoms with Crippen LogP contribution in [0.15, 0.2) is 52.9 Å². The van der Waals surface area contributed by atoms with Crippen molar-refractivity contribution in [3.8, 4) is 17.2 Å². The summed E-state index contributed by atoms with van der Waals surface area (Å²) >= 11 is 1.60. The van der Waals surface area contributed by atoms with Gasteiger partial charge in [0, 0.05) is 5.56 Å². The molecule has 0 saturated heterocycles. The lowest BCUT2D eigenvalue weighted by molar-refractivity contribution is -0.121. The van der Waals surface area contributed by atoms with Crippen molar-refractivity contribution in [3.63, 3.8) is 0 Å². The zero-order chi connectivity index (χ0) is 20.6. The van der Waals surface area contributed by atoms with Crippen molar-refractivity contribution in [3.05, 3.63) is 65.3 Å². The van der Waals surface area contributed by atoms with Crippen LogP contribution in [0.25, 0.3) is 21.3 Å². The van der Waals surface area contributed by atoms with Gasteiger partial charge in [0.15, 0.2) is 0 Å². The SMILES string of the molecule is N#CC1(NC(=O)Cc2nnc(Cc3nc4cccc(-c5ccccc5)c4s3)o2)CC1. The van der Waals surface area contributed by atoms with Crippen LogP contribution in [0.5, 0.6) is 0 Å². The highest BCUT2D eigenvalue weighted by Crippen LogP contribution is 2.35. The third-order valence-electron chi connectivity index (χ3n) is 5.01. The number of benzene rings is 2. The highest BCUT2D eigenvalue weighted by Gasteiger charge is 2.44. The highest BCUT2D eigenvalue weighted by molar-refractivity contribution is 7.19. The fourth-order valence-corrected chi connectivity index (χ4v) is 4.40. The molecular weight excluding hydrogens is 398 g/mol. The van der Waals surface area contributed by atoms with E-state index in [0.717, 1.165) is 26.4 Å². The van der Waals surface area contributed by atoms with Crippen LogP contribution in [0, 0.1) is 11.3 Å². The second kappa shape index (κ2) is 7.35. The maximum atomic E-state index is 12.1. The predicted molar refractivity (Wildman–Crippen MR) is 112 cm³/mol. The summed E-state index contributed by atoms with van der Waals surface area (Å²) in [4.78, 5) is 16.8. The normalized spacial score (nSPS) is 14.4. The summed E-state index contributed by atoms with van der Waals surface area (Å²) in [6.07, 6.45) is 1.75. The topological polar surface area (TPSA) is 105 Å². The number of rotatable bonds is 6. The Hall–Kier alpha value is -3.57. The Kier molecular flexibility index (Phi) is 4.52. The number of fused-ring (bicyclic) bond motifs is 1. The molecule has 148 valence electrons. The molecule has 0 atom stereocenters. The van der Waals surface area contributed by atoms with Gasteiger partial charge < -0.3 is 9.73 Å². The number of nitrogens with zero attached hydrogens (tertiary/aromatic N) is 4. The molecule has 1 aliphatic carbocycles. The first-order valence-corrected chi connectivity index (χ1v) is 10.4. The van der Waals surface area contributed by atoms with Gasteiger partial charge in [0.1, 0.15) is 17.0 Å². The van der Waals surface area contributed by atoms with Crippen molar-refractivity contribution in [2.45, 2.75) is 31.2 Å². The number of carbonyl (C=O) groups is 1. The van der Waals surface area contributed by atoms with Gasteiger partial charge in [-0.25, -0.2) is 4.98 Å². The number of aromatic nitrogens is 3. The summed E-state index contributed by atoms with van der Waals surface area (Å²) < 4.78 is 6.75. The number of thiazole rings is 1. The van der Waals surface area contributed by atoms with Gasteiger partial charge in [0.05, 0.1) is 22.7 Å². The zero-order valence-electron chi connectivity index (χ0n) is 16.0. The van der Waals surface area contributed by atoms with Crippen LogP contribution in [0.1, 0.15) is 29.6 Å². The van der Waals surface area contributed by atoms with Crippen molar-refractivity contribution in [1.82, 2.24) is 20.5 Å². The molecule has 0 unspecified atom stereocenters. The lowest BCUT2D eigenvalue weighted by Crippen LogP contribution is -2.36. The molecule has 1 fully saturated rings. The lowest BCUT2D eigenvalue weighted by atomic mass is 10.1. The number of nitriles is 1. The van der Waals surface area contributed by atoms with Gasteiger partial charge in [-0.1, -0.05) is 42.5 Å². The number of amides is 1. The minimum absolute atomic E-state index is 0.0333. The Balaban J connectivity index is 1.32. The predicted octanol–water partition coefficient (Wildman–Crippen LogP) is 3.65. The summed E-state index contributed by atoms with van der Waals surface area (Å²) in [7, 11) is 0. The largest absolute Gasteiger partial charge is 0.424 e. The van der Waals surface area contributed by atoms with E-state index in [0.29, 0.717) is 25.2 Å². The van der Waals surface area contributed by atoms with Gasteiger partial charge in [-0.2, -0.15) is 5.26 Å². The van der Waals surface area contributed by atoms with Crippen LogP contribution < -0.4 is 5.32 Å². The summed E-state index contributed by atoms with van der Waals surface area (Å²) in [5.74, 6) is 0.374. The molecule has 0 aliphatic heterocycles. The minimum Gasteiger partial charge on any atom is -0.424 e. The van der Waals surface area contributed by atoms with E-state index in [1.54, 1.807) is 11.3 Å². The first-order chi connectivity index (χ1) is 14.6. The van der Waals surface area contributed by atoms with Crippen molar-refractivity contribution in [2.24, 2.45) is 0 Å². The van der Waals surface area contributed by atoms with Crippen LogP contribution in [0.3, 0.4) is 0 Å². The first-order valence-electron chi connectivity index (χ1n) is 9.61. The Bertz CT molecular complexity index is 1270. The summed E-state index contributed by atoms with van der Waals surface area (Å²) in [6.45, 7) is 0. The van der Waals surface area contributed by atoms with Crippen molar-refractivity contribution in [2.75, 3.05) is 0 Å². The molecule has 2 aromatic heterocycles. The van der Waals surface area contributed by atoms with Gasteiger partial charge in [-0.3, -0.25) is 4.79 Å². The second-order valence-corrected chi connectivity index (χ2v) is 8.40. The van der Waals surface area contributed by atoms with Crippen molar-refractivity contribution in [1.29, 1.82) is 5.26 Å². The van der Waals surface area contributed by atoms with Gasteiger partial charge in [0.2, 0.25) is 17.7 Å². The molecule has 1 aliphatic rings. The Morgan fingerprint density at radius 1 is 1.13 bits per heavy atom. The molecule has 0 bridgehead atoms. The molecule has 2 aromatic carbocycles.